The smallest absolute Gasteiger partial charge is 0.234 e. The van der Waals surface area contributed by atoms with Crippen molar-refractivity contribution in [3.8, 4) is 0 Å². The highest BCUT2D eigenvalue weighted by molar-refractivity contribution is 8.00. The highest BCUT2D eigenvalue weighted by Crippen LogP contribution is 2.26. The zero-order valence-electron chi connectivity index (χ0n) is 11.9. The highest BCUT2D eigenvalue weighted by Gasteiger charge is 2.08. The van der Waals surface area contributed by atoms with Gasteiger partial charge in [0.25, 0.3) is 0 Å². The number of nitrogens with two attached hydrogens (primary N) is 1. The molecular weight excluding hydrogens is 304 g/mol. The molecule has 110 valence electrons. The fourth-order valence-corrected chi connectivity index (χ4v) is 2.78. The lowest BCUT2D eigenvalue weighted by Gasteiger charge is -2.09. The van der Waals surface area contributed by atoms with Gasteiger partial charge in [-0.05, 0) is 49.2 Å². The van der Waals surface area contributed by atoms with Crippen molar-refractivity contribution < 1.29 is 4.79 Å². The molecule has 3 N–H and O–H groups in total. The van der Waals surface area contributed by atoms with Crippen LogP contribution in [0.2, 0.25) is 5.02 Å². The number of carbonyl (C=O) groups excluding carboxylic acids is 1. The molecule has 0 aliphatic rings. The van der Waals surface area contributed by atoms with Gasteiger partial charge in [0.15, 0.2) is 0 Å². The Balaban J connectivity index is 1.97. The molecule has 0 aliphatic carbocycles. The lowest BCUT2D eigenvalue weighted by Crippen LogP contribution is -2.15. The average molecular weight is 321 g/mol. The molecule has 0 saturated heterocycles. The number of aryl methyl sites for hydroxylation is 2. The maximum absolute atomic E-state index is 12.0. The molecule has 0 radical (unpaired) electrons. The van der Waals surface area contributed by atoms with E-state index in [2.05, 4.69) is 5.32 Å². The van der Waals surface area contributed by atoms with Crippen molar-refractivity contribution in [2.24, 2.45) is 0 Å². The first-order valence-corrected chi connectivity index (χ1v) is 7.87. The third-order valence-corrected chi connectivity index (χ3v) is 4.32. The number of thioether (sulfide) groups is 1. The summed E-state index contributed by atoms with van der Waals surface area (Å²) in [4.78, 5) is 12.9. The Morgan fingerprint density at radius 1 is 1.24 bits per heavy atom. The first-order valence-electron chi connectivity index (χ1n) is 6.50. The van der Waals surface area contributed by atoms with Gasteiger partial charge in [0.05, 0.1) is 5.75 Å². The quantitative estimate of drug-likeness (QED) is 0.653. The Labute approximate surface area is 133 Å². The van der Waals surface area contributed by atoms with Gasteiger partial charge in [0, 0.05) is 21.3 Å². The molecule has 5 heteroatoms. The van der Waals surface area contributed by atoms with Crippen LogP contribution in [0.4, 0.5) is 11.4 Å². The summed E-state index contributed by atoms with van der Waals surface area (Å²) in [5.41, 5.74) is 9.46. The molecule has 21 heavy (non-hydrogen) atoms. The van der Waals surface area contributed by atoms with Crippen LogP contribution in [0.3, 0.4) is 0 Å². The van der Waals surface area contributed by atoms with E-state index in [-0.39, 0.29) is 5.91 Å². The Hall–Kier alpha value is -1.65. The van der Waals surface area contributed by atoms with Crippen molar-refractivity contribution in [2.45, 2.75) is 18.7 Å². The van der Waals surface area contributed by atoms with Crippen LogP contribution in [0.1, 0.15) is 11.1 Å². The summed E-state index contributed by atoms with van der Waals surface area (Å²) in [5, 5.41) is 3.47. The van der Waals surface area contributed by atoms with Gasteiger partial charge in [-0.2, -0.15) is 0 Å². The predicted octanol–water partition coefficient (Wildman–Crippen LogP) is 4.27. The Bertz CT molecular complexity index is 673. The van der Waals surface area contributed by atoms with E-state index in [1.54, 1.807) is 12.1 Å². The topological polar surface area (TPSA) is 55.1 Å². The molecule has 0 unspecified atom stereocenters. The number of rotatable bonds is 4. The molecule has 2 aromatic carbocycles. The molecule has 3 nitrogen and oxygen atoms in total. The van der Waals surface area contributed by atoms with Crippen molar-refractivity contribution in [3.05, 3.63) is 52.5 Å². The second-order valence-corrected chi connectivity index (χ2v) is 6.29. The molecule has 0 aliphatic heterocycles. The number of benzene rings is 2. The van der Waals surface area contributed by atoms with Gasteiger partial charge in [-0.3, -0.25) is 4.79 Å². The van der Waals surface area contributed by atoms with Crippen LogP contribution >= 0.6 is 23.4 Å². The third-order valence-electron chi connectivity index (χ3n) is 3.00. The van der Waals surface area contributed by atoms with E-state index in [1.165, 1.54) is 11.8 Å². The van der Waals surface area contributed by atoms with Crippen LogP contribution in [-0.2, 0) is 4.79 Å². The van der Waals surface area contributed by atoms with Crippen LogP contribution in [0.25, 0.3) is 0 Å². The number of amides is 1. The molecule has 0 atom stereocenters. The maximum atomic E-state index is 12.0. The zero-order chi connectivity index (χ0) is 15.4. The number of hydrogen-bond donors (Lipinski definition) is 2. The van der Waals surface area contributed by atoms with Gasteiger partial charge in [-0.25, -0.2) is 0 Å². The summed E-state index contributed by atoms with van der Waals surface area (Å²) in [7, 11) is 0. The summed E-state index contributed by atoms with van der Waals surface area (Å²) in [6.45, 7) is 3.91. The van der Waals surface area contributed by atoms with Gasteiger partial charge < -0.3 is 11.1 Å². The summed E-state index contributed by atoms with van der Waals surface area (Å²) < 4.78 is 0. The van der Waals surface area contributed by atoms with Gasteiger partial charge in [0.1, 0.15) is 0 Å². The molecule has 0 aromatic heterocycles. The van der Waals surface area contributed by atoms with Gasteiger partial charge in [-0.1, -0.05) is 23.7 Å². The van der Waals surface area contributed by atoms with E-state index in [0.29, 0.717) is 16.5 Å². The normalized spacial score (nSPS) is 10.4. The standard InChI is InChI=1S/C16H17ClN2OS/c1-10-3-6-15(13(18)7-10)21-9-16(20)19-14-8-12(17)5-4-11(14)2/h3-8H,9,18H2,1-2H3,(H,19,20). The molecule has 0 heterocycles. The lowest BCUT2D eigenvalue weighted by molar-refractivity contribution is -0.113. The number of nitrogen functional groups attached to an aromatic ring is 1. The van der Waals surface area contributed by atoms with Crippen molar-refractivity contribution >= 4 is 40.6 Å². The minimum Gasteiger partial charge on any atom is -0.398 e. The number of anilines is 2. The first kappa shape index (κ1) is 15.7. The fourth-order valence-electron chi connectivity index (χ4n) is 1.86. The minimum atomic E-state index is -0.0784. The number of hydrogen-bond acceptors (Lipinski definition) is 3. The van der Waals surface area contributed by atoms with Crippen molar-refractivity contribution in [1.29, 1.82) is 0 Å². The van der Waals surface area contributed by atoms with Crippen LogP contribution in [0.15, 0.2) is 41.3 Å². The van der Waals surface area contributed by atoms with Crippen LogP contribution < -0.4 is 11.1 Å². The highest BCUT2D eigenvalue weighted by atomic mass is 35.5. The molecule has 2 rings (SSSR count). The maximum Gasteiger partial charge on any atom is 0.234 e. The minimum absolute atomic E-state index is 0.0784. The molecule has 0 fully saturated rings. The van der Waals surface area contributed by atoms with E-state index in [1.807, 2.05) is 38.1 Å². The van der Waals surface area contributed by atoms with Crippen molar-refractivity contribution in [2.75, 3.05) is 16.8 Å². The second kappa shape index (κ2) is 6.87. The molecule has 2 aromatic rings. The Kier molecular flexibility index (Phi) is 5.15. The van der Waals surface area contributed by atoms with E-state index in [4.69, 9.17) is 17.3 Å². The molecule has 0 bridgehead atoms. The van der Waals surface area contributed by atoms with Crippen LogP contribution in [0.5, 0.6) is 0 Å². The van der Waals surface area contributed by atoms with E-state index in [9.17, 15) is 4.79 Å². The fraction of sp³-hybridized carbons (Fsp3) is 0.188. The van der Waals surface area contributed by atoms with Crippen molar-refractivity contribution in [3.63, 3.8) is 0 Å². The average Bonchev–Trinajstić information content (AvgIpc) is 2.42. The summed E-state index contributed by atoms with van der Waals surface area (Å²) in [6, 6.07) is 11.3. The predicted molar refractivity (Wildman–Crippen MR) is 91.1 cm³/mol. The van der Waals surface area contributed by atoms with Gasteiger partial charge in [0.2, 0.25) is 5.91 Å². The summed E-state index contributed by atoms with van der Waals surface area (Å²) >= 11 is 7.36. The number of carbonyl (C=O) groups is 1. The second-order valence-electron chi connectivity index (χ2n) is 4.84. The zero-order valence-corrected chi connectivity index (χ0v) is 13.5. The van der Waals surface area contributed by atoms with E-state index in [0.717, 1.165) is 21.7 Å². The van der Waals surface area contributed by atoms with Gasteiger partial charge >= 0.3 is 0 Å². The van der Waals surface area contributed by atoms with Crippen LogP contribution in [0, 0.1) is 13.8 Å². The monoisotopic (exact) mass is 320 g/mol. The van der Waals surface area contributed by atoms with E-state index >= 15 is 0 Å². The van der Waals surface area contributed by atoms with Crippen LogP contribution in [-0.4, -0.2) is 11.7 Å². The first-order chi connectivity index (χ1) is 9.95. The molecule has 1 amide bonds. The van der Waals surface area contributed by atoms with Gasteiger partial charge in [-0.15, -0.1) is 11.8 Å². The molecular formula is C16H17ClN2OS. The third kappa shape index (κ3) is 4.41. The molecule has 0 spiro atoms. The number of nitrogens with one attached hydrogen (secondary N) is 1. The van der Waals surface area contributed by atoms with Crippen molar-refractivity contribution in [1.82, 2.24) is 0 Å². The lowest BCUT2D eigenvalue weighted by atomic mass is 10.2. The van der Waals surface area contributed by atoms with E-state index < -0.39 is 0 Å². The summed E-state index contributed by atoms with van der Waals surface area (Å²) in [5.74, 6) is 0.226. The Morgan fingerprint density at radius 2 is 2.00 bits per heavy atom. The summed E-state index contributed by atoms with van der Waals surface area (Å²) in [6.07, 6.45) is 0. The SMILES string of the molecule is Cc1ccc(SCC(=O)Nc2cc(Cl)ccc2C)c(N)c1. The molecule has 0 saturated carbocycles. The number of halogens is 1. The Morgan fingerprint density at radius 3 is 2.71 bits per heavy atom. The largest absolute Gasteiger partial charge is 0.398 e.